The molecule has 39 heavy (non-hydrogen) atoms. The fraction of sp³-hybridized carbons (Fsp3) is 0.464. The largest absolute Gasteiger partial charge is 0.444 e. The molecular formula is C28H35N5O5S. The van der Waals surface area contributed by atoms with Crippen LogP contribution in [-0.2, 0) is 21.3 Å². The molecule has 0 aliphatic carbocycles. The number of amides is 2. The van der Waals surface area contributed by atoms with Crippen LogP contribution in [0.25, 0.3) is 5.65 Å². The number of piperidine rings is 1. The molecule has 3 aromatic rings. The molecular weight excluding hydrogens is 518 g/mol. The number of sulfonamides is 1. The summed E-state index contributed by atoms with van der Waals surface area (Å²) in [5.41, 5.74) is 1.14. The zero-order chi connectivity index (χ0) is 27.8. The Kier molecular flexibility index (Phi) is 7.15. The van der Waals surface area contributed by atoms with Crippen LogP contribution >= 0.6 is 0 Å². The third kappa shape index (κ3) is 5.65. The van der Waals surface area contributed by atoms with Crippen molar-refractivity contribution < 1.29 is 22.7 Å². The number of carbonyl (C=O) groups excluding carboxylic acids is 2. The first kappa shape index (κ1) is 27.1. The summed E-state index contributed by atoms with van der Waals surface area (Å²) in [6, 6.07) is 10.1. The number of fused-ring (bicyclic) bond motifs is 1. The molecule has 0 saturated carbocycles. The number of aromatic nitrogens is 2. The molecule has 2 amide bonds. The summed E-state index contributed by atoms with van der Waals surface area (Å²) in [5.74, 6) is -0.225. The molecule has 10 nitrogen and oxygen atoms in total. The molecule has 2 aliphatic heterocycles. The first-order valence-electron chi connectivity index (χ1n) is 13.3. The van der Waals surface area contributed by atoms with E-state index >= 15 is 0 Å². The Morgan fingerprint density at radius 2 is 1.74 bits per heavy atom. The molecule has 1 N–H and O–H groups in total. The number of hydrogen-bond donors (Lipinski definition) is 1. The van der Waals surface area contributed by atoms with Crippen LogP contribution in [0.15, 0.2) is 59.9 Å². The van der Waals surface area contributed by atoms with Crippen LogP contribution in [0.5, 0.6) is 0 Å². The van der Waals surface area contributed by atoms with E-state index < -0.39 is 15.6 Å². The van der Waals surface area contributed by atoms with Crippen LogP contribution in [0.2, 0.25) is 0 Å². The lowest BCUT2D eigenvalue weighted by Crippen LogP contribution is -2.55. The lowest BCUT2D eigenvalue weighted by Gasteiger charge is -2.44. The highest BCUT2D eigenvalue weighted by Gasteiger charge is 2.48. The fourth-order valence-corrected chi connectivity index (χ4v) is 6.91. The van der Waals surface area contributed by atoms with Gasteiger partial charge in [0.25, 0.3) is 5.91 Å². The van der Waals surface area contributed by atoms with Crippen LogP contribution in [0.4, 0.5) is 4.79 Å². The number of pyridine rings is 1. The lowest BCUT2D eigenvalue weighted by atomic mass is 9.86. The van der Waals surface area contributed by atoms with Crippen LogP contribution in [0.1, 0.15) is 62.4 Å². The summed E-state index contributed by atoms with van der Waals surface area (Å²) < 4.78 is 35.7. The Hall–Kier alpha value is -3.44. The van der Waals surface area contributed by atoms with Crippen molar-refractivity contribution in [3.8, 4) is 0 Å². The van der Waals surface area contributed by atoms with Crippen molar-refractivity contribution in [3.63, 3.8) is 0 Å². The van der Waals surface area contributed by atoms with E-state index in [9.17, 15) is 18.0 Å². The van der Waals surface area contributed by atoms with Gasteiger partial charge in [-0.05, 0) is 76.3 Å². The van der Waals surface area contributed by atoms with Crippen molar-refractivity contribution in [2.24, 2.45) is 0 Å². The van der Waals surface area contributed by atoms with Crippen molar-refractivity contribution in [2.75, 3.05) is 19.6 Å². The monoisotopic (exact) mass is 553 g/mol. The molecule has 0 unspecified atom stereocenters. The summed E-state index contributed by atoms with van der Waals surface area (Å²) >= 11 is 0. The van der Waals surface area contributed by atoms with Crippen molar-refractivity contribution >= 4 is 27.7 Å². The Balaban J connectivity index is 1.19. The smallest absolute Gasteiger partial charge is 0.410 e. The normalized spacial score (nSPS) is 18.0. The van der Waals surface area contributed by atoms with E-state index in [2.05, 4.69) is 10.3 Å². The third-order valence-electron chi connectivity index (χ3n) is 7.53. The number of carbonyl (C=O) groups is 2. The van der Waals surface area contributed by atoms with Gasteiger partial charge in [-0.2, -0.15) is 4.31 Å². The molecule has 1 spiro atoms. The second-order valence-electron chi connectivity index (χ2n) is 11.3. The summed E-state index contributed by atoms with van der Waals surface area (Å²) in [7, 11) is -3.68. The van der Waals surface area contributed by atoms with Crippen molar-refractivity contribution in [1.82, 2.24) is 23.9 Å². The van der Waals surface area contributed by atoms with Gasteiger partial charge in [-0.1, -0.05) is 12.1 Å². The number of benzene rings is 1. The molecule has 0 atom stereocenters. The second kappa shape index (κ2) is 10.3. The van der Waals surface area contributed by atoms with E-state index in [0.29, 0.717) is 38.0 Å². The summed E-state index contributed by atoms with van der Waals surface area (Å²) in [6.07, 6.45) is 7.76. The standard InChI is InChI=1S/C28H35N5O5S/c1-27(2,3)38-26(35)33-15-4-11-28(33)12-16-32(17-13-28)39(36,37)23-8-5-21(6-9-23)19-30-25(34)22-7-10-24-29-14-18-31(24)20-22/h5-10,14,18,20H,4,11-13,15-17,19H2,1-3H3,(H,30,34). The molecule has 0 bridgehead atoms. The third-order valence-corrected chi connectivity index (χ3v) is 9.44. The number of nitrogens with zero attached hydrogens (tertiary/aromatic N) is 4. The Morgan fingerprint density at radius 3 is 2.44 bits per heavy atom. The fourth-order valence-electron chi connectivity index (χ4n) is 5.47. The van der Waals surface area contributed by atoms with E-state index in [0.717, 1.165) is 24.1 Å². The van der Waals surface area contributed by atoms with Crippen LogP contribution < -0.4 is 5.32 Å². The number of rotatable bonds is 5. The molecule has 0 radical (unpaired) electrons. The highest BCUT2D eigenvalue weighted by Crippen LogP contribution is 2.40. The van der Waals surface area contributed by atoms with Crippen molar-refractivity contribution in [3.05, 3.63) is 66.1 Å². The minimum atomic E-state index is -3.68. The Bertz CT molecular complexity index is 1470. The first-order valence-corrected chi connectivity index (χ1v) is 14.7. The lowest BCUT2D eigenvalue weighted by molar-refractivity contribution is -0.00162. The van der Waals surface area contributed by atoms with Gasteiger partial charge in [-0.25, -0.2) is 18.2 Å². The Morgan fingerprint density at radius 1 is 1.03 bits per heavy atom. The van der Waals surface area contributed by atoms with E-state index in [1.165, 1.54) is 4.31 Å². The van der Waals surface area contributed by atoms with Crippen molar-refractivity contribution in [2.45, 2.75) is 69.0 Å². The van der Waals surface area contributed by atoms with E-state index in [1.807, 2.05) is 25.7 Å². The van der Waals surface area contributed by atoms with Crippen LogP contribution in [0, 0.1) is 0 Å². The van der Waals surface area contributed by atoms with Gasteiger partial charge < -0.3 is 19.4 Å². The molecule has 2 aliphatic rings. The summed E-state index contributed by atoms with van der Waals surface area (Å²) in [4.78, 5) is 31.6. The molecule has 1 aromatic carbocycles. The maximum atomic E-state index is 13.4. The average molecular weight is 554 g/mol. The highest BCUT2D eigenvalue weighted by molar-refractivity contribution is 7.89. The zero-order valence-electron chi connectivity index (χ0n) is 22.6. The molecule has 2 fully saturated rings. The number of nitrogens with one attached hydrogen (secondary N) is 1. The molecule has 5 rings (SSSR count). The predicted molar refractivity (Wildman–Crippen MR) is 146 cm³/mol. The minimum Gasteiger partial charge on any atom is -0.444 e. The average Bonchev–Trinajstić information content (AvgIpc) is 3.53. The number of ether oxygens (including phenoxy) is 1. The molecule has 208 valence electrons. The van der Waals surface area contributed by atoms with Crippen molar-refractivity contribution in [1.29, 1.82) is 0 Å². The SMILES string of the molecule is CC(C)(C)OC(=O)N1CCCC12CCN(S(=O)(=O)c1ccc(CNC(=O)c3ccc4nccn4c3)cc1)CC2. The van der Waals surface area contributed by atoms with E-state index in [1.54, 1.807) is 59.4 Å². The maximum Gasteiger partial charge on any atom is 0.410 e. The minimum absolute atomic E-state index is 0.217. The van der Waals surface area contributed by atoms with Gasteiger partial charge >= 0.3 is 6.09 Å². The van der Waals surface area contributed by atoms with Gasteiger partial charge in [0.2, 0.25) is 10.0 Å². The number of imidazole rings is 1. The summed E-state index contributed by atoms with van der Waals surface area (Å²) in [5, 5.41) is 2.87. The molecule has 11 heteroatoms. The second-order valence-corrected chi connectivity index (χ2v) is 13.2. The number of likely N-dealkylation sites (tertiary alicyclic amines) is 1. The first-order chi connectivity index (χ1) is 18.5. The maximum absolute atomic E-state index is 13.4. The van der Waals surface area contributed by atoms with Crippen LogP contribution in [-0.4, -0.2) is 69.8 Å². The molecule has 4 heterocycles. The zero-order valence-corrected chi connectivity index (χ0v) is 23.4. The van der Waals surface area contributed by atoms with Gasteiger partial charge in [-0.15, -0.1) is 0 Å². The van der Waals surface area contributed by atoms with Gasteiger partial charge in [0.05, 0.1) is 10.5 Å². The van der Waals surface area contributed by atoms with Crippen LogP contribution in [0.3, 0.4) is 0 Å². The van der Waals surface area contributed by atoms with Gasteiger partial charge in [0, 0.05) is 50.3 Å². The Labute approximate surface area is 229 Å². The highest BCUT2D eigenvalue weighted by atomic mass is 32.2. The molecule has 2 saturated heterocycles. The molecule has 2 aromatic heterocycles. The van der Waals surface area contributed by atoms with Gasteiger partial charge in [0.1, 0.15) is 11.2 Å². The van der Waals surface area contributed by atoms with Gasteiger partial charge in [0.15, 0.2) is 0 Å². The van der Waals surface area contributed by atoms with E-state index in [4.69, 9.17) is 4.74 Å². The van der Waals surface area contributed by atoms with E-state index in [-0.39, 0.29) is 29.0 Å². The number of hydrogen-bond acceptors (Lipinski definition) is 6. The quantitative estimate of drug-likeness (QED) is 0.514. The topological polar surface area (TPSA) is 113 Å². The van der Waals surface area contributed by atoms with Gasteiger partial charge in [-0.3, -0.25) is 4.79 Å². The summed E-state index contributed by atoms with van der Waals surface area (Å²) in [6.45, 7) is 7.16. The predicted octanol–water partition coefficient (Wildman–Crippen LogP) is 3.82.